The molecule has 1 fully saturated rings. The lowest BCUT2D eigenvalue weighted by Crippen LogP contribution is -2.49. The molecule has 3 rings (SSSR count). The first-order valence-corrected chi connectivity index (χ1v) is 10.4. The molecule has 0 bridgehead atoms. The van der Waals surface area contributed by atoms with Gasteiger partial charge in [0.15, 0.2) is 0 Å². The van der Waals surface area contributed by atoms with Crippen molar-refractivity contribution in [1.29, 1.82) is 0 Å². The van der Waals surface area contributed by atoms with Crippen molar-refractivity contribution in [1.82, 2.24) is 15.6 Å². The third-order valence-electron chi connectivity index (χ3n) is 5.24. The summed E-state index contributed by atoms with van der Waals surface area (Å²) in [4.78, 5) is 29.5. The highest BCUT2D eigenvalue weighted by Crippen LogP contribution is 2.25. The molecule has 1 aliphatic carbocycles. The van der Waals surface area contributed by atoms with E-state index in [2.05, 4.69) is 15.6 Å². The molecular weight excluding hydrogens is 385 g/mol. The van der Waals surface area contributed by atoms with Crippen molar-refractivity contribution in [3.05, 3.63) is 59.5 Å². The number of nitrogens with zero attached hydrogens (tertiary/aromatic N) is 1. The molecule has 0 saturated heterocycles. The molecule has 0 spiro atoms. The number of nitrogens with one attached hydrogen (secondary N) is 2. The number of hydrogen-bond acceptors (Lipinski definition) is 4. The Hall–Kier alpha value is -2.96. The molecule has 1 saturated carbocycles. The number of pyridine rings is 1. The maximum absolute atomic E-state index is 13.9. The molecule has 1 heterocycles. The van der Waals surface area contributed by atoms with Crippen molar-refractivity contribution >= 4 is 11.8 Å². The molecule has 1 aromatic heterocycles. The summed E-state index contributed by atoms with van der Waals surface area (Å²) in [7, 11) is 0. The summed E-state index contributed by atoms with van der Waals surface area (Å²) < 4.78 is 19.9. The van der Waals surface area contributed by atoms with E-state index in [0.29, 0.717) is 5.88 Å². The predicted molar refractivity (Wildman–Crippen MR) is 111 cm³/mol. The van der Waals surface area contributed by atoms with Gasteiger partial charge in [0.2, 0.25) is 11.8 Å². The van der Waals surface area contributed by atoms with Gasteiger partial charge in [0.25, 0.3) is 5.91 Å². The Morgan fingerprint density at radius 1 is 1.17 bits per heavy atom. The number of ether oxygens (including phenoxy) is 1. The second-order valence-corrected chi connectivity index (χ2v) is 7.88. The normalized spacial score (nSPS) is 15.1. The quantitative estimate of drug-likeness (QED) is 0.693. The van der Waals surface area contributed by atoms with Crippen LogP contribution in [0.3, 0.4) is 0 Å². The third-order valence-corrected chi connectivity index (χ3v) is 5.24. The summed E-state index contributed by atoms with van der Waals surface area (Å²) in [5.41, 5.74) is 0.691. The molecule has 160 valence electrons. The maximum Gasteiger partial charge on any atom is 0.254 e. The number of benzene rings is 1. The lowest BCUT2D eigenvalue weighted by atomic mass is 10.0. The van der Waals surface area contributed by atoms with Crippen molar-refractivity contribution in [3.8, 4) is 5.88 Å². The van der Waals surface area contributed by atoms with Gasteiger partial charge in [-0.3, -0.25) is 9.59 Å². The molecule has 0 radical (unpaired) electrons. The van der Waals surface area contributed by atoms with Crippen LogP contribution in [0.4, 0.5) is 4.39 Å². The Bertz CT molecular complexity index is 882. The van der Waals surface area contributed by atoms with Crippen molar-refractivity contribution < 1.29 is 18.7 Å². The summed E-state index contributed by atoms with van der Waals surface area (Å²) in [6.07, 6.45) is 6.17. The lowest BCUT2D eigenvalue weighted by molar-refractivity contribution is -0.124. The molecule has 1 unspecified atom stereocenters. The van der Waals surface area contributed by atoms with Gasteiger partial charge in [-0.1, -0.05) is 32.0 Å². The highest BCUT2D eigenvalue weighted by Gasteiger charge is 2.26. The van der Waals surface area contributed by atoms with E-state index >= 15 is 0 Å². The van der Waals surface area contributed by atoms with Gasteiger partial charge in [-0.15, -0.1) is 0 Å². The van der Waals surface area contributed by atoms with Gasteiger partial charge in [-0.2, -0.15) is 0 Å². The van der Waals surface area contributed by atoms with Crippen molar-refractivity contribution in [2.45, 2.75) is 58.2 Å². The van der Waals surface area contributed by atoms with E-state index in [4.69, 9.17) is 4.74 Å². The maximum atomic E-state index is 13.9. The van der Waals surface area contributed by atoms with Crippen LogP contribution in [0.1, 0.15) is 55.5 Å². The average Bonchev–Trinajstić information content (AvgIpc) is 3.24. The summed E-state index contributed by atoms with van der Waals surface area (Å²) >= 11 is 0. The molecule has 1 atom stereocenters. The number of halogens is 1. The van der Waals surface area contributed by atoms with E-state index in [9.17, 15) is 14.0 Å². The molecule has 0 aliphatic heterocycles. The van der Waals surface area contributed by atoms with E-state index in [1.165, 1.54) is 18.2 Å². The molecule has 6 nitrogen and oxygen atoms in total. The molecule has 2 N–H and O–H groups in total. The summed E-state index contributed by atoms with van der Waals surface area (Å²) in [5, 5.41) is 5.49. The van der Waals surface area contributed by atoms with Crippen LogP contribution in [-0.4, -0.2) is 28.9 Å². The van der Waals surface area contributed by atoms with Gasteiger partial charge >= 0.3 is 0 Å². The van der Waals surface area contributed by atoms with Crippen molar-refractivity contribution in [3.63, 3.8) is 0 Å². The molecule has 7 heteroatoms. The van der Waals surface area contributed by atoms with Gasteiger partial charge < -0.3 is 15.4 Å². The van der Waals surface area contributed by atoms with Crippen LogP contribution in [0.2, 0.25) is 0 Å². The Morgan fingerprint density at radius 3 is 2.60 bits per heavy atom. The van der Waals surface area contributed by atoms with Crippen LogP contribution in [0.15, 0.2) is 42.6 Å². The second kappa shape index (κ2) is 10.2. The standard InChI is InChI=1S/C23H28FN3O3/c1-15(2)20(27-21(28)18-11-5-6-12-19(18)24)22(29)26-14-16-8-7-13-25-23(16)30-17-9-3-4-10-17/h5-8,11-13,15,17,20H,3-4,9-10,14H2,1-2H3,(H,26,29)(H,27,28). The van der Waals surface area contributed by atoms with Crippen LogP contribution in [0.5, 0.6) is 5.88 Å². The molecule has 1 aliphatic rings. The lowest BCUT2D eigenvalue weighted by Gasteiger charge is -2.22. The van der Waals surface area contributed by atoms with Crippen molar-refractivity contribution in [2.24, 2.45) is 5.92 Å². The van der Waals surface area contributed by atoms with Gasteiger partial charge in [0.05, 0.1) is 5.56 Å². The Kier molecular flexibility index (Phi) is 7.38. The van der Waals surface area contributed by atoms with Gasteiger partial charge in [0, 0.05) is 18.3 Å². The zero-order chi connectivity index (χ0) is 21.5. The van der Waals surface area contributed by atoms with Crippen LogP contribution in [0, 0.1) is 11.7 Å². The summed E-state index contributed by atoms with van der Waals surface area (Å²) in [6.45, 7) is 3.88. The van der Waals surface area contributed by atoms with E-state index in [1.807, 2.05) is 19.9 Å². The number of aromatic nitrogens is 1. The van der Waals surface area contributed by atoms with E-state index in [1.54, 1.807) is 18.3 Å². The molecular formula is C23H28FN3O3. The van der Waals surface area contributed by atoms with Gasteiger partial charge in [-0.25, -0.2) is 9.37 Å². The zero-order valence-electron chi connectivity index (χ0n) is 17.4. The first kappa shape index (κ1) is 21.7. The van der Waals surface area contributed by atoms with Crippen LogP contribution in [0.25, 0.3) is 0 Å². The SMILES string of the molecule is CC(C)C(NC(=O)c1ccccc1F)C(=O)NCc1cccnc1OC1CCCC1. The molecule has 2 aromatic rings. The largest absolute Gasteiger partial charge is 0.474 e. The minimum absolute atomic E-state index is 0.0875. The first-order valence-electron chi connectivity index (χ1n) is 10.4. The van der Waals surface area contributed by atoms with Crippen LogP contribution < -0.4 is 15.4 Å². The number of amides is 2. The predicted octanol–water partition coefficient (Wildman–Crippen LogP) is 3.61. The first-order chi connectivity index (χ1) is 14.5. The minimum Gasteiger partial charge on any atom is -0.474 e. The van der Waals surface area contributed by atoms with E-state index < -0.39 is 17.8 Å². The Balaban J connectivity index is 1.63. The topological polar surface area (TPSA) is 80.3 Å². The van der Waals surface area contributed by atoms with Gasteiger partial charge in [0.1, 0.15) is 18.0 Å². The fourth-order valence-corrected chi connectivity index (χ4v) is 3.52. The summed E-state index contributed by atoms with van der Waals surface area (Å²) in [6, 6.07) is 8.56. The summed E-state index contributed by atoms with van der Waals surface area (Å²) in [5.74, 6) is -1.23. The number of carbonyl (C=O) groups is 2. The smallest absolute Gasteiger partial charge is 0.254 e. The van der Waals surface area contributed by atoms with E-state index in [-0.39, 0.29) is 30.0 Å². The van der Waals surface area contributed by atoms with Crippen LogP contribution >= 0.6 is 0 Å². The Labute approximate surface area is 176 Å². The van der Waals surface area contributed by atoms with E-state index in [0.717, 1.165) is 31.2 Å². The minimum atomic E-state index is -0.798. The molecule has 30 heavy (non-hydrogen) atoms. The average molecular weight is 413 g/mol. The monoisotopic (exact) mass is 413 g/mol. The fraction of sp³-hybridized carbons (Fsp3) is 0.435. The molecule has 2 amide bonds. The number of rotatable bonds is 8. The van der Waals surface area contributed by atoms with Crippen LogP contribution in [-0.2, 0) is 11.3 Å². The molecule has 1 aromatic carbocycles. The highest BCUT2D eigenvalue weighted by molar-refractivity contribution is 5.97. The number of carbonyl (C=O) groups excluding carboxylic acids is 2. The fourth-order valence-electron chi connectivity index (χ4n) is 3.52. The van der Waals surface area contributed by atoms with Crippen molar-refractivity contribution in [2.75, 3.05) is 0 Å². The zero-order valence-corrected chi connectivity index (χ0v) is 17.4. The Morgan fingerprint density at radius 2 is 1.90 bits per heavy atom. The second-order valence-electron chi connectivity index (χ2n) is 7.88. The van der Waals surface area contributed by atoms with Gasteiger partial charge in [-0.05, 0) is 49.8 Å². The highest BCUT2D eigenvalue weighted by atomic mass is 19.1. The number of hydrogen-bond donors (Lipinski definition) is 2. The third kappa shape index (κ3) is 5.55.